The molecule has 4 nitrogen and oxygen atoms in total. The van der Waals surface area contributed by atoms with Crippen molar-refractivity contribution in [3.05, 3.63) is 64.4 Å². The van der Waals surface area contributed by atoms with Gasteiger partial charge in [0.05, 0.1) is 17.4 Å². The van der Waals surface area contributed by atoms with Gasteiger partial charge in [-0.3, -0.25) is 4.57 Å². The van der Waals surface area contributed by atoms with E-state index in [0.29, 0.717) is 34.6 Å². The molecule has 1 heterocycles. The quantitative estimate of drug-likeness (QED) is 0.282. The van der Waals surface area contributed by atoms with Crippen molar-refractivity contribution in [3.63, 3.8) is 0 Å². The molecule has 138 valence electrons. The fourth-order valence-corrected chi connectivity index (χ4v) is 3.62. The van der Waals surface area contributed by atoms with Crippen molar-refractivity contribution in [1.82, 2.24) is 14.8 Å². The van der Waals surface area contributed by atoms with E-state index in [1.165, 1.54) is 11.8 Å². The normalized spacial score (nSPS) is 10.6. The molecule has 27 heavy (non-hydrogen) atoms. The van der Waals surface area contributed by atoms with Crippen LogP contribution in [0.4, 0.5) is 0 Å². The van der Waals surface area contributed by atoms with Crippen LogP contribution in [-0.2, 0) is 6.42 Å². The Morgan fingerprint density at radius 3 is 2.67 bits per heavy atom. The first kappa shape index (κ1) is 19.6. The van der Waals surface area contributed by atoms with Gasteiger partial charge in [0.2, 0.25) is 0 Å². The van der Waals surface area contributed by atoms with Crippen LogP contribution in [-0.4, -0.2) is 27.1 Å². The van der Waals surface area contributed by atoms with Crippen molar-refractivity contribution in [2.75, 3.05) is 12.4 Å². The Kier molecular flexibility index (Phi) is 7.05. The Balaban J connectivity index is 1.67. The average molecular weight is 418 g/mol. The third-order valence-corrected chi connectivity index (χ3v) is 5.06. The molecule has 0 aliphatic heterocycles. The molecule has 0 fully saturated rings. The Labute approximate surface area is 172 Å². The van der Waals surface area contributed by atoms with E-state index in [0.717, 1.165) is 23.1 Å². The van der Waals surface area contributed by atoms with Crippen LogP contribution in [0.5, 0.6) is 5.75 Å². The third-order valence-electron chi connectivity index (χ3n) is 3.70. The van der Waals surface area contributed by atoms with E-state index in [1.54, 1.807) is 18.2 Å². The number of aryl methyl sites for hydroxylation is 1. The first-order valence-electron chi connectivity index (χ1n) is 8.33. The first-order chi connectivity index (χ1) is 13.2. The lowest BCUT2D eigenvalue weighted by molar-refractivity contribution is 0.309. The number of para-hydroxylation sites is 1. The van der Waals surface area contributed by atoms with Crippen LogP contribution in [0.25, 0.3) is 5.69 Å². The van der Waals surface area contributed by atoms with Crippen LogP contribution in [0, 0.1) is 12.3 Å². The molecule has 3 aromatic rings. The molecule has 0 bridgehead atoms. The zero-order valence-corrected chi connectivity index (χ0v) is 16.8. The van der Waals surface area contributed by atoms with Crippen molar-refractivity contribution >= 4 is 35.0 Å². The number of rotatable bonds is 8. The number of hydrogen-bond acceptors (Lipinski definition) is 4. The molecular weight excluding hydrogens is 401 g/mol. The molecular formula is C20H17Cl2N3OS. The first-order valence-corrected chi connectivity index (χ1v) is 10.1. The summed E-state index contributed by atoms with van der Waals surface area (Å²) < 4.78 is 7.79. The van der Waals surface area contributed by atoms with Crippen molar-refractivity contribution in [3.8, 4) is 23.8 Å². The summed E-state index contributed by atoms with van der Waals surface area (Å²) in [7, 11) is 0. The molecule has 0 saturated heterocycles. The van der Waals surface area contributed by atoms with Crippen LogP contribution >= 0.6 is 35.0 Å². The van der Waals surface area contributed by atoms with Crippen LogP contribution in [0.15, 0.2) is 53.7 Å². The highest BCUT2D eigenvalue weighted by Gasteiger charge is 2.14. The molecule has 0 atom stereocenters. The van der Waals surface area contributed by atoms with E-state index in [1.807, 2.05) is 34.9 Å². The summed E-state index contributed by atoms with van der Waals surface area (Å²) >= 11 is 13.5. The van der Waals surface area contributed by atoms with E-state index in [4.69, 9.17) is 34.4 Å². The molecule has 0 unspecified atom stereocenters. The zero-order chi connectivity index (χ0) is 19.1. The Morgan fingerprint density at radius 2 is 1.93 bits per heavy atom. The molecule has 7 heteroatoms. The Hall–Kier alpha value is -2.13. The van der Waals surface area contributed by atoms with E-state index >= 15 is 0 Å². The van der Waals surface area contributed by atoms with Gasteiger partial charge >= 0.3 is 0 Å². The molecule has 0 aliphatic rings. The number of ether oxygens (including phenoxy) is 1. The maximum absolute atomic E-state index is 6.13. The summed E-state index contributed by atoms with van der Waals surface area (Å²) in [5, 5.41) is 10.5. The third kappa shape index (κ3) is 5.20. The van der Waals surface area contributed by atoms with Crippen molar-refractivity contribution < 1.29 is 4.74 Å². The highest BCUT2D eigenvalue weighted by Crippen LogP contribution is 2.28. The standard InChI is InChI=1S/C20H17Cl2N3OS/c1-2-13-27-20-24-23-19(25(20)16-7-4-3-5-8-16)9-6-12-26-18-11-10-15(21)14-17(18)22/h1,3-5,7-8,10-11,14H,6,9,12-13H2. The maximum atomic E-state index is 6.13. The molecule has 1 aromatic heterocycles. The molecule has 0 aliphatic carbocycles. The minimum Gasteiger partial charge on any atom is -0.492 e. The lowest BCUT2D eigenvalue weighted by atomic mass is 10.2. The second kappa shape index (κ2) is 9.70. The van der Waals surface area contributed by atoms with Gasteiger partial charge in [-0.05, 0) is 36.8 Å². The van der Waals surface area contributed by atoms with Crippen molar-refractivity contribution in [2.45, 2.75) is 18.0 Å². The van der Waals surface area contributed by atoms with E-state index in [-0.39, 0.29) is 0 Å². The summed E-state index contributed by atoms with van der Waals surface area (Å²) in [6.45, 7) is 0.510. The maximum Gasteiger partial charge on any atom is 0.196 e. The molecule has 0 spiro atoms. The van der Waals surface area contributed by atoms with Crippen molar-refractivity contribution in [1.29, 1.82) is 0 Å². The van der Waals surface area contributed by atoms with Gasteiger partial charge in [0, 0.05) is 17.1 Å². The topological polar surface area (TPSA) is 39.9 Å². The van der Waals surface area contributed by atoms with Gasteiger partial charge in [-0.1, -0.05) is 59.1 Å². The fourth-order valence-electron chi connectivity index (χ4n) is 2.50. The fraction of sp³-hybridized carbons (Fsp3) is 0.200. The smallest absolute Gasteiger partial charge is 0.196 e. The highest BCUT2D eigenvalue weighted by atomic mass is 35.5. The molecule has 2 aromatic carbocycles. The van der Waals surface area contributed by atoms with Crippen LogP contribution in [0.3, 0.4) is 0 Å². The minimum absolute atomic E-state index is 0.503. The number of aromatic nitrogens is 3. The molecule has 0 N–H and O–H groups in total. The second-order valence-corrected chi connectivity index (χ2v) is 7.38. The number of thioether (sulfide) groups is 1. The highest BCUT2D eigenvalue weighted by molar-refractivity contribution is 7.99. The van der Waals surface area contributed by atoms with Crippen LogP contribution in [0.1, 0.15) is 12.2 Å². The molecule has 0 saturated carbocycles. The Morgan fingerprint density at radius 1 is 1.11 bits per heavy atom. The second-order valence-electron chi connectivity index (χ2n) is 5.59. The van der Waals surface area contributed by atoms with E-state index < -0.39 is 0 Å². The number of terminal acetylenes is 1. The molecule has 0 radical (unpaired) electrons. The summed E-state index contributed by atoms with van der Waals surface area (Å²) in [6, 6.07) is 15.2. The summed E-state index contributed by atoms with van der Waals surface area (Å²) in [6.07, 6.45) is 6.86. The van der Waals surface area contributed by atoms with Gasteiger partial charge in [0.1, 0.15) is 11.6 Å². The number of hydrogen-bond donors (Lipinski definition) is 0. The molecule has 3 rings (SSSR count). The van der Waals surface area contributed by atoms with Gasteiger partial charge in [-0.2, -0.15) is 0 Å². The van der Waals surface area contributed by atoms with Crippen molar-refractivity contribution in [2.24, 2.45) is 0 Å². The number of halogens is 2. The van der Waals surface area contributed by atoms with Gasteiger partial charge in [-0.15, -0.1) is 16.6 Å². The van der Waals surface area contributed by atoms with Crippen LogP contribution in [0.2, 0.25) is 10.0 Å². The molecule has 0 amide bonds. The van der Waals surface area contributed by atoms with E-state index in [2.05, 4.69) is 16.1 Å². The lowest BCUT2D eigenvalue weighted by Gasteiger charge is -2.10. The van der Waals surface area contributed by atoms with Gasteiger partial charge < -0.3 is 4.74 Å². The van der Waals surface area contributed by atoms with Gasteiger partial charge in [0.15, 0.2) is 5.16 Å². The predicted octanol–water partition coefficient (Wildman–Crippen LogP) is 5.31. The van der Waals surface area contributed by atoms with Crippen LogP contribution < -0.4 is 4.74 Å². The average Bonchev–Trinajstić information content (AvgIpc) is 3.08. The lowest BCUT2D eigenvalue weighted by Crippen LogP contribution is -2.06. The zero-order valence-electron chi connectivity index (χ0n) is 14.4. The predicted molar refractivity (Wildman–Crippen MR) is 111 cm³/mol. The minimum atomic E-state index is 0.503. The monoisotopic (exact) mass is 417 g/mol. The number of benzene rings is 2. The van der Waals surface area contributed by atoms with Gasteiger partial charge in [-0.25, -0.2) is 0 Å². The SMILES string of the molecule is C#CCSc1nnc(CCCOc2ccc(Cl)cc2Cl)n1-c1ccccc1. The van der Waals surface area contributed by atoms with E-state index in [9.17, 15) is 0 Å². The summed E-state index contributed by atoms with van der Waals surface area (Å²) in [4.78, 5) is 0. The number of nitrogens with zero attached hydrogens (tertiary/aromatic N) is 3. The van der Waals surface area contributed by atoms with Gasteiger partial charge in [0.25, 0.3) is 0 Å². The Bertz CT molecular complexity index is 938. The summed E-state index contributed by atoms with van der Waals surface area (Å²) in [5.41, 5.74) is 1.01. The largest absolute Gasteiger partial charge is 0.492 e. The summed E-state index contributed by atoms with van der Waals surface area (Å²) in [5.74, 6) is 4.66.